The average Bonchev–Trinajstić information content (AvgIpc) is 1.54. The van der Waals surface area contributed by atoms with Crippen LogP contribution in [0.3, 0.4) is 0 Å². The molecule has 0 radical (unpaired) electrons. The van der Waals surface area contributed by atoms with Crippen molar-refractivity contribution < 1.29 is 0 Å². The molecule has 6 heteroatoms. The number of hydrogen-bond acceptors (Lipinski definition) is 2. The summed E-state index contributed by atoms with van der Waals surface area (Å²) in [6.07, 6.45) is 0. The van der Waals surface area contributed by atoms with Crippen molar-refractivity contribution in [2.24, 2.45) is 0 Å². The molecule has 133 heavy (non-hydrogen) atoms. The van der Waals surface area contributed by atoms with Crippen molar-refractivity contribution >= 4 is 121 Å². The molecule has 26 rings (SSSR count). The Labute approximate surface area is 771 Å². The first-order valence-electron chi connectivity index (χ1n) is 45.8. The number of aromatic nitrogens is 4. The van der Waals surface area contributed by atoms with Crippen LogP contribution in [0.1, 0.15) is 22.3 Å². The first-order chi connectivity index (χ1) is 66.1. The van der Waals surface area contributed by atoms with Gasteiger partial charge in [0.25, 0.3) is 0 Å². The van der Waals surface area contributed by atoms with E-state index in [1.165, 1.54) is 160 Å². The summed E-state index contributed by atoms with van der Waals surface area (Å²) in [6, 6.07) is 190. The molecule has 0 saturated carbocycles. The summed E-state index contributed by atoms with van der Waals surface area (Å²) in [5.41, 5.74) is 37.1. The number of anilines is 6. The molecular weight excluding hydrogens is 1610 g/mol. The molecule has 0 bridgehead atoms. The lowest BCUT2D eigenvalue weighted by atomic mass is 9.67. The van der Waals surface area contributed by atoms with E-state index in [1.807, 2.05) is 0 Å². The van der Waals surface area contributed by atoms with Gasteiger partial charge in [0.05, 0.1) is 60.9 Å². The van der Waals surface area contributed by atoms with E-state index in [4.69, 9.17) is 0 Å². The van der Waals surface area contributed by atoms with Crippen molar-refractivity contribution in [3.8, 4) is 78.4 Å². The molecule has 1 aliphatic rings. The van der Waals surface area contributed by atoms with E-state index in [0.717, 1.165) is 62.3 Å². The molecule has 6 nitrogen and oxygen atoms in total. The average molecular weight is 1700 g/mol. The van der Waals surface area contributed by atoms with Crippen LogP contribution in [0.15, 0.2) is 522 Å². The summed E-state index contributed by atoms with van der Waals surface area (Å²) < 4.78 is 9.57. The van der Waals surface area contributed by atoms with Gasteiger partial charge in [0.2, 0.25) is 0 Å². The maximum atomic E-state index is 2.50. The predicted molar refractivity (Wildman–Crippen MR) is 559 cm³/mol. The lowest BCUT2D eigenvalue weighted by molar-refractivity contribution is 0.768. The second kappa shape index (κ2) is 32.6. The van der Waals surface area contributed by atoms with Crippen LogP contribution in [0.2, 0.25) is 0 Å². The van der Waals surface area contributed by atoms with E-state index in [-0.39, 0.29) is 0 Å². The monoisotopic (exact) mass is 1690 g/mol. The van der Waals surface area contributed by atoms with Crippen LogP contribution in [-0.4, -0.2) is 18.3 Å². The summed E-state index contributed by atoms with van der Waals surface area (Å²) in [5, 5.41) is 9.91. The van der Waals surface area contributed by atoms with Gasteiger partial charge in [0.15, 0.2) is 0 Å². The number of rotatable bonds is 16. The third-order valence-corrected chi connectivity index (χ3v) is 27.3. The summed E-state index contributed by atoms with van der Waals surface area (Å²) >= 11 is 0. The van der Waals surface area contributed by atoms with Gasteiger partial charge in [0, 0.05) is 99.7 Å². The van der Waals surface area contributed by atoms with Gasteiger partial charge in [-0.1, -0.05) is 358 Å². The van der Waals surface area contributed by atoms with Gasteiger partial charge >= 0.3 is 0 Å². The molecule has 624 valence electrons. The van der Waals surface area contributed by atoms with Crippen molar-refractivity contribution in [3.05, 3.63) is 544 Å². The number of fused-ring (bicyclic) bond motifs is 15. The van der Waals surface area contributed by atoms with Crippen LogP contribution < -0.4 is 9.80 Å². The highest BCUT2D eigenvalue weighted by Gasteiger charge is 2.46. The fourth-order valence-electron chi connectivity index (χ4n) is 21.7. The molecule has 21 aromatic carbocycles. The standard InChI is InChI=1S/C73H49N3.C54H37N3/c1-5-23-51(24-6-1)73(52-25-7-2-8-26-52)64-37-17-13-31-58(64)59-48-47-56(49-65(59)73)74(55-45-43-50(44-46-55)57-35-21-41-69-71(57)62-33-15-19-39-67(62)75(69)53-27-9-3-10-28-53)66-38-18-14-32-60(66)61-36-22-42-70-72(61)63-34-16-20-40-68(63)76(70)54-29-11-4-12-30-54;1-4-17-40(18-5-1)55(43-34-31-38(32-35-43)39-33-36-52-48(37-39)45-24-11-14-28-50(45)56(52)41-19-6-2-7-20-41)49-27-13-10-23-44(49)46-26-16-30-53-54(46)47-25-12-15-29-51(47)57(53)42-21-8-3-9-22-42/h1-49H;1-37H. The molecule has 4 heterocycles. The first kappa shape index (κ1) is 77.7. The van der Waals surface area contributed by atoms with Gasteiger partial charge in [0.1, 0.15) is 0 Å². The molecule has 0 atom stereocenters. The summed E-state index contributed by atoms with van der Waals surface area (Å²) in [7, 11) is 0. The Kier molecular flexibility index (Phi) is 19.1. The van der Waals surface area contributed by atoms with Gasteiger partial charge in [-0.15, -0.1) is 0 Å². The minimum atomic E-state index is -0.567. The molecule has 0 unspecified atom stereocenters. The lowest BCUT2D eigenvalue weighted by Crippen LogP contribution is -2.28. The third-order valence-electron chi connectivity index (χ3n) is 27.3. The molecule has 25 aromatic rings. The van der Waals surface area contributed by atoms with Gasteiger partial charge in [-0.25, -0.2) is 0 Å². The number of nitrogens with zero attached hydrogens (tertiary/aromatic N) is 6. The van der Waals surface area contributed by atoms with Crippen molar-refractivity contribution in [2.45, 2.75) is 5.41 Å². The molecule has 0 amide bonds. The third kappa shape index (κ3) is 12.9. The highest BCUT2D eigenvalue weighted by atomic mass is 15.2. The zero-order chi connectivity index (χ0) is 87.9. The van der Waals surface area contributed by atoms with Crippen molar-refractivity contribution in [1.29, 1.82) is 0 Å². The van der Waals surface area contributed by atoms with Crippen molar-refractivity contribution in [1.82, 2.24) is 18.3 Å². The maximum Gasteiger partial charge on any atom is 0.0714 e. The number of hydrogen-bond donors (Lipinski definition) is 0. The van der Waals surface area contributed by atoms with Crippen LogP contribution in [-0.2, 0) is 5.41 Å². The van der Waals surface area contributed by atoms with E-state index < -0.39 is 5.41 Å². The van der Waals surface area contributed by atoms with Crippen LogP contribution in [0, 0.1) is 0 Å². The Morgan fingerprint density at radius 1 is 0.158 bits per heavy atom. The van der Waals surface area contributed by atoms with Crippen LogP contribution >= 0.6 is 0 Å². The van der Waals surface area contributed by atoms with Gasteiger partial charge < -0.3 is 28.1 Å². The highest BCUT2D eigenvalue weighted by Crippen LogP contribution is 2.59. The number of benzene rings is 21. The molecule has 0 fully saturated rings. The van der Waals surface area contributed by atoms with E-state index in [0.29, 0.717) is 0 Å². The van der Waals surface area contributed by atoms with Gasteiger partial charge in [-0.05, 0) is 231 Å². The Morgan fingerprint density at radius 3 is 0.925 bits per heavy atom. The first-order valence-corrected chi connectivity index (χ1v) is 45.8. The molecular formula is C127H86N6. The quantitative estimate of drug-likeness (QED) is 0.0964. The minimum Gasteiger partial charge on any atom is -0.310 e. The topological polar surface area (TPSA) is 26.2 Å². The Hall–Kier alpha value is -17.6. The predicted octanol–water partition coefficient (Wildman–Crippen LogP) is 33.7. The zero-order valence-electron chi connectivity index (χ0n) is 72.8. The Balaban J connectivity index is 0.000000149. The van der Waals surface area contributed by atoms with Crippen LogP contribution in [0.5, 0.6) is 0 Å². The second-order valence-electron chi connectivity index (χ2n) is 34.5. The minimum absolute atomic E-state index is 0.567. The molecule has 0 spiro atoms. The van der Waals surface area contributed by atoms with E-state index in [1.54, 1.807) is 0 Å². The SMILES string of the molecule is c1ccc(-n2c3ccccc3c3c(-c4ccc(N(c5ccc6c(c5)C(c5ccccc5)(c5ccccc5)c5ccccc5-6)c5ccccc5-c5cccc6c5c5ccccc5n6-c5ccccc5)cc4)cccc32)cc1.c1ccc(N(c2ccc(-c3ccc4c(c3)c3ccccc3n4-c3ccccc3)cc2)c2ccccc2-c2cccc3c2c2ccccc2n3-c2ccccc2)cc1. The van der Waals surface area contributed by atoms with Crippen molar-refractivity contribution in [2.75, 3.05) is 9.80 Å². The zero-order valence-corrected chi connectivity index (χ0v) is 72.8. The Bertz CT molecular complexity index is 8680. The van der Waals surface area contributed by atoms with Crippen LogP contribution in [0.4, 0.5) is 34.1 Å². The lowest BCUT2D eigenvalue weighted by Gasteiger charge is -2.35. The summed E-state index contributed by atoms with van der Waals surface area (Å²) in [5.74, 6) is 0. The molecule has 4 aromatic heterocycles. The van der Waals surface area contributed by atoms with E-state index in [9.17, 15) is 0 Å². The molecule has 1 aliphatic carbocycles. The summed E-state index contributed by atoms with van der Waals surface area (Å²) in [4.78, 5) is 4.89. The molecule has 0 aliphatic heterocycles. The fraction of sp³-hybridized carbons (Fsp3) is 0.00787. The van der Waals surface area contributed by atoms with E-state index in [2.05, 4.69) is 550 Å². The van der Waals surface area contributed by atoms with Crippen LogP contribution in [0.25, 0.3) is 166 Å². The maximum absolute atomic E-state index is 2.50. The van der Waals surface area contributed by atoms with Crippen molar-refractivity contribution in [3.63, 3.8) is 0 Å². The summed E-state index contributed by atoms with van der Waals surface area (Å²) in [6.45, 7) is 0. The molecule has 0 saturated heterocycles. The Morgan fingerprint density at radius 2 is 0.459 bits per heavy atom. The van der Waals surface area contributed by atoms with E-state index >= 15 is 0 Å². The van der Waals surface area contributed by atoms with Gasteiger partial charge in [-0.2, -0.15) is 0 Å². The largest absolute Gasteiger partial charge is 0.310 e. The second-order valence-corrected chi connectivity index (χ2v) is 34.5. The smallest absolute Gasteiger partial charge is 0.0714 e. The molecule has 0 N–H and O–H groups in total. The normalized spacial score (nSPS) is 12.1. The highest BCUT2D eigenvalue weighted by molar-refractivity contribution is 6.20. The van der Waals surface area contributed by atoms with Gasteiger partial charge in [-0.3, -0.25) is 0 Å². The number of para-hydroxylation sites is 11. The fourth-order valence-corrected chi connectivity index (χ4v) is 21.7.